The first kappa shape index (κ1) is 51.4. The lowest BCUT2D eigenvalue weighted by Crippen LogP contribution is -2.61. The second-order valence-electron chi connectivity index (χ2n) is 19.8. The molecule has 1 spiro atoms. The molecule has 17 heteroatoms. The zero-order chi connectivity index (χ0) is 52.5. The number of carbonyl (C=O) groups is 6. The number of nitrogens with one attached hydrogen (secondary N) is 2. The number of fused-ring (bicyclic) bond motifs is 4. The van der Waals surface area contributed by atoms with Gasteiger partial charge in [-0.05, 0) is 112 Å². The summed E-state index contributed by atoms with van der Waals surface area (Å²) in [4.78, 5) is 90.3. The van der Waals surface area contributed by atoms with Crippen LogP contribution in [0, 0.1) is 21.3 Å². The number of hydrogen-bond donors (Lipinski definition) is 3. The molecular weight excluding hydrogens is 1070 g/mol. The number of esters is 3. The largest absolute Gasteiger partial charge is 0.491 e. The van der Waals surface area contributed by atoms with Crippen molar-refractivity contribution in [3.8, 4) is 11.5 Å². The molecule has 0 bridgehead atoms. The van der Waals surface area contributed by atoms with Crippen LogP contribution in [-0.4, -0.2) is 102 Å². The van der Waals surface area contributed by atoms with Crippen molar-refractivity contribution >= 4 is 63.9 Å². The number of cyclic esters (lactones) is 1. The molecule has 5 heterocycles. The maximum absolute atomic E-state index is 15.2. The van der Waals surface area contributed by atoms with Crippen molar-refractivity contribution < 1.29 is 57.6 Å². The molecule has 16 nitrogen and oxygen atoms in total. The Morgan fingerprint density at radius 2 is 1.49 bits per heavy atom. The molecular formula is C58H57IN4O12. The van der Waals surface area contributed by atoms with Crippen LogP contribution in [0.2, 0.25) is 0 Å². The Balaban J connectivity index is 0.959. The minimum atomic E-state index is -1.71. The van der Waals surface area contributed by atoms with Gasteiger partial charge in [-0.25, -0.2) is 0 Å². The minimum Gasteiger partial charge on any atom is -0.491 e. The number of hydrogen-bond acceptors (Lipinski definition) is 13. The van der Waals surface area contributed by atoms with Crippen LogP contribution in [0.25, 0.3) is 0 Å². The number of anilines is 1. The summed E-state index contributed by atoms with van der Waals surface area (Å²) in [5, 5.41) is 15.4. The van der Waals surface area contributed by atoms with Crippen molar-refractivity contribution in [3.05, 3.63) is 171 Å². The van der Waals surface area contributed by atoms with E-state index in [9.17, 15) is 29.1 Å². The number of carbonyl (C=O) groups excluding carboxylic acids is 6. The van der Waals surface area contributed by atoms with E-state index in [1.165, 1.54) is 11.0 Å². The van der Waals surface area contributed by atoms with E-state index in [2.05, 4.69) is 39.8 Å². The quantitative estimate of drug-likeness (QED) is 0.0281. The van der Waals surface area contributed by atoms with Gasteiger partial charge in [-0.15, -0.1) is 0 Å². The SMILES string of the molecule is C=CCOC(=O)[C@@H]1[C@H]2C(=O)O[C@H](c3ccccc3)[C@H](c3ccccc3)N2[C@H](c2ccc(OCCOC(=O)[C@@H]3C[C@@H]4C(=O)N[C@@H](CC(C)C)C(=O)N4[C@@H]3c3cccc(OCCO)c3)cc2)[C@@]12C(=O)Nc1ccc(I)cc12. The van der Waals surface area contributed by atoms with E-state index in [0.717, 1.165) is 14.7 Å². The number of amides is 3. The average Bonchev–Trinajstić information content (AvgIpc) is 4.27. The summed E-state index contributed by atoms with van der Waals surface area (Å²) in [6.07, 6.45) is 1.07. The zero-order valence-electron chi connectivity index (χ0n) is 41.3. The molecule has 4 saturated heterocycles. The Kier molecular flexibility index (Phi) is 14.8. The van der Waals surface area contributed by atoms with E-state index in [1.807, 2.05) is 104 Å². The monoisotopic (exact) mass is 1130 g/mol. The number of piperazine rings is 1. The third kappa shape index (κ3) is 9.43. The molecule has 5 aromatic rings. The first-order valence-electron chi connectivity index (χ1n) is 25.2. The number of nitrogens with zero attached hydrogens (tertiary/aromatic N) is 2. The Morgan fingerprint density at radius 3 is 2.20 bits per heavy atom. The number of aliphatic hydroxyl groups excluding tert-OH is 1. The van der Waals surface area contributed by atoms with Gasteiger partial charge in [0.2, 0.25) is 17.7 Å². The van der Waals surface area contributed by atoms with E-state index in [4.69, 9.17) is 23.7 Å². The van der Waals surface area contributed by atoms with E-state index in [0.29, 0.717) is 40.3 Å². The second-order valence-corrected chi connectivity index (χ2v) is 21.0. The van der Waals surface area contributed by atoms with Gasteiger partial charge in [-0.2, -0.15) is 0 Å². The van der Waals surface area contributed by atoms with E-state index >= 15 is 4.79 Å². The molecule has 0 radical (unpaired) electrons. The lowest BCUT2D eigenvalue weighted by molar-refractivity contribution is -0.180. The normalized spacial score (nSPS) is 26.7. The zero-order valence-corrected chi connectivity index (χ0v) is 43.5. The van der Waals surface area contributed by atoms with Crippen LogP contribution in [0.4, 0.5) is 5.69 Å². The Hall–Kier alpha value is -7.09. The van der Waals surface area contributed by atoms with Crippen molar-refractivity contribution in [2.45, 2.75) is 74.5 Å². The molecule has 0 saturated carbocycles. The van der Waals surface area contributed by atoms with Gasteiger partial charge in [-0.1, -0.05) is 111 Å². The molecule has 5 aliphatic rings. The van der Waals surface area contributed by atoms with Gasteiger partial charge in [0.15, 0.2) is 0 Å². The molecule has 388 valence electrons. The maximum atomic E-state index is 15.2. The van der Waals surface area contributed by atoms with Crippen molar-refractivity contribution in [1.29, 1.82) is 0 Å². The number of morpholine rings is 1. The van der Waals surface area contributed by atoms with Gasteiger partial charge in [0, 0.05) is 9.26 Å². The predicted octanol–water partition coefficient (Wildman–Crippen LogP) is 7.09. The summed E-state index contributed by atoms with van der Waals surface area (Å²) >= 11 is 2.18. The topological polar surface area (TPSA) is 199 Å². The van der Waals surface area contributed by atoms with Gasteiger partial charge in [0.1, 0.15) is 73.5 Å². The van der Waals surface area contributed by atoms with Gasteiger partial charge >= 0.3 is 17.9 Å². The van der Waals surface area contributed by atoms with Gasteiger partial charge in [0.25, 0.3) is 0 Å². The van der Waals surface area contributed by atoms with Crippen LogP contribution in [-0.2, 0) is 48.4 Å². The third-order valence-corrected chi connectivity index (χ3v) is 15.6. The highest BCUT2D eigenvalue weighted by molar-refractivity contribution is 14.1. The summed E-state index contributed by atoms with van der Waals surface area (Å²) in [6.45, 7) is 7.14. The molecule has 0 aromatic heterocycles. The highest BCUT2D eigenvalue weighted by Crippen LogP contribution is 2.65. The van der Waals surface area contributed by atoms with Crippen molar-refractivity contribution in [2.24, 2.45) is 17.8 Å². The predicted molar refractivity (Wildman–Crippen MR) is 282 cm³/mol. The van der Waals surface area contributed by atoms with E-state index < -0.39 is 83.4 Å². The van der Waals surface area contributed by atoms with Gasteiger partial charge in [-0.3, -0.25) is 33.7 Å². The Labute approximate surface area is 447 Å². The lowest BCUT2D eigenvalue weighted by Gasteiger charge is -2.46. The number of halogens is 1. The number of ether oxygens (including phenoxy) is 5. The molecule has 0 aliphatic carbocycles. The second kappa shape index (κ2) is 21.6. The molecule has 5 aromatic carbocycles. The third-order valence-electron chi connectivity index (χ3n) is 14.9. The van der Waals surface area contributed by atoms with Gasteiger partial charge < -0.3 is 44.3 Å². The Morgan fingerprint density at radius 1 is 0.787 bits per heavy atom. The fourth-order valence-electron chi connectivity index (χ4n) is 12.0. The first-order chi connectivity index (χ1) is 36.3. The number of benzene rings is 5. The van der Waals surface area contributed by atoms with Crippen molar-refractivity contribution in [3.63, 3.8) is 0 Å². The molecule has 75 heavy (non-hydrogen) atoms. The van der Waals surface area contributed by atoms with E-state index in [1.54, 1.807) is 42.5 Å². The molecule has 10 atom stereocenters. The standard InChI is InChI=1S/C58H57IN4O12/c1-4-25-73-55(68)46-49-56(69)75-50(35-14-9-6-10-15-35)48(34-12-7-5-8-13-34)63(49)51(58(46)42-31-38(59)20-23-43(42)61-57(58)70)36-18-21-39(22-19-36)72-27-28-74-54(67)41-32-45-52(65)60-44(29-33(2)3)53(66)62(45)47(41)37-16-11-17-40(30-37)71-26-24-64/h4-23,30-31,33,41,44-51,64H,1,24-29,32H2,2-3H3,(H,60,65)(H,61,70)/t41-,44+,45-,46+,47-,48+,49+,50-,51-,58+/m1/s1. The van der Waals surface area contributed by atoms with Crippen LogP contribution in [0.15, 0.2) is 140 Å². The Bertz CT molecular complexity index is 2990. The smallest absolute Gasteiger partial charge is 0.325 e. The first-order valence-corrected chi connectivity index (χ1v) is 26.3. The summed E-state index contributed by atoms with van der Waals surface area (Å²) in [5.74, 6) is -4.43. The molecule has 3 amide bonds. The highest BCUT2D eigenvalue weighted by atomic mass is 127. The average molecular weight is 1130 g/mol. The van der Waals surface area contributed by atoms with Crippen LogP contribution in [0.5, 0.6) is 11.5 Å². The van der Waals surface area contributed by atoms with Gasteiger partial charge in [0.05, 0.1) is 30.7 Å². The molecule has 4 fully saturated rings. The lowest BCUT2D eigenvalue weighted by atomic mass is 9.65. The summed E-state index contributed by atoms with van der Waals surface area (Å²) in [5.41, 5.74) is 2.06. The molecule has 5 aliphatic heterocycles. The summed E-state index contributed by atoms with van der Waals surface area (Å²) in [7, 11) is 0. The molecule has 3 N–H and O–H groups in total. The number of aliphatic hydroxyl groups is 1. The number of rotatable bonds is 17. The maximum Gasteiger partial charge on any atom is 0.325 e. The fourth-order valence-corrected chi connectivity index (χ4v) is 12.5. The minimum absolute atomic E-state index is 0.0451. The highest BCUT2D eigenvalue weighted by Gasteiger charge is 2.74. The summed E-state index contributed by atoms with van der Waals surface area (Å²) in [6, 6.07) is 33.2. The fraction of sp³-hybridized carbons (Fsp3) is 0.345. The van der Waals surface area contributed by atoms with Crippen LogP contribution < -0.4 is 20.1 Å². The van der Waals surface area contributed by atoms with E-state index in [-0.39, 0.29) is 57.2 Å². The van der Waals surface area contributed by atoms with Crippen LogP contribution in [0.3, 0.4) is 0 Å². The molecule has 0 unspecified atom stereocenters. The van der Waals surface area contributed by atoms with Crippen LogP contribution >= 0.6 is 22.6 Å². The van der Waals surface area contributed by atoms with Crippen molar-refractivity contribution in [2.75, 3.05) is 38.4 Å². The van der Waals surface area contributed by atoms with Crippen LogP contribution in [0.1, 0.15) is 78.7 Å². The molecule has 10 rings (SSSR count). The summed E-state index contributed by atoms with van der Waals surface area (Å²) < 4.78 is 30.8. The van der Waals surface area contributed by atoms with Crippen molar-refractivity contribution in [1.82, 2.24) is 15.1 Å².